The van der Waals surface area contributed by atoms with Crippen LogP contribution in [-0.2, 0) is 13.1 Å². The SMILES string of the molecule is CCC(CC)n1ccc(Cn2c(CNC)cnc2C)n1. The van der Waals surface area contributed by atoms with Crippen LogP contribution >= 0.6 is 0 Å². The zero-order valence-electron chi connectivity index (χ0n) is 12.9. The Hall–Kier alpha value is -1.62. The van der Waals surface area contributed by atoms with E-state index in [4.69, 9.17) is 5.10 Å². The van der Waals surface area contributed by atoms with Crippen LogP contribution in [0.15, 0.2) is 18.5 Å². The van der Waals surface area contributed by atoms with Gasteiger partial charge in [-0.15, -0.1) is 0 Å². The molecule has 2 aromatic rings. The van der Waals surface area contributed by atoms with Crippen LogP contribution in [0.5, 0.6) is 0 Å². The lowest BCUT2D eigenvalue weighted by Gasteiger charge is -2.13. The lowest BCUT2D eigenvalue weighted by molar-refractivity contribution is 0.424. The summed E-state index contributed by atoms with van der Waals surface area (Å²) in [4.78, 5) is 4.39. The van der Waals surface area contributed by atoms with Crippen molar-refractivity contribution in [2.24, 2.45) is 0 Å². The van der Waals surface area contributed by atoms with E-state index in [1.54, 1.807) is 0 Å². The molecule has 1 N–H and O–H groups in total. The lowest BCUT2D eigenvalue weighted by Crippen LogP contribution is -2.14. The van der Waals surface area contributed by atoms with Crippen LogP contribution in [0.2, 0.25) is 0 Å². The molecule has 0 saturated heterocycles. The molecule has 0 aliphatic carbocycles. The van der Waals surface area contributed by atoms with Gasteiger partial charge >= 0.3 is 0 Å². The van der Waals surface area contributed by atoms with Gasteiger partial charge in [-0.3, -0.25) is 4.68 Å². The van der Waals surface area contributed by atoms with Crippen LogP contribution in [0.4, 0.5) is 0 Å². The highest BCUT2D eigenvalue weighted by Gasteiger charge is 2.11. The van der Waals surface area contributed by atoms with E-state index in [-0.39, 0.29) is 0 Å². The first-order valence-corrected chi connectivity index (χ1v) is 7.39. The number of rotatable bonds is 7. The predicted molar refractivity (Wildman–Crippen MR) is 80.7 cm³/mol. The molecule has 0 radical (unpaired) electrons. The van der Waals surface area contributed by atoms with Crippen molar-refractivity contribution >= 4 is 0 Å². The van der Waals surface area contributed by atoms with Crippen molar-refractivity contribution < 1.29 is 0 Å². The summed E-state index contributed by atoms with van der Waals surface area (Å²) in [7, 11) is 1.95. The fourth-order valence-corrected chi connectivity index (χ4v) is 2.54. The van der Waals surface area contributed by atoms with E-state index in [0.29, 0.717) is 6.04 Å². The van der Waals surface area contributed by atoms with Gasteiger partial charge in [-0.25, -0.2) is 4.98 Å². The van der Waals surface area contributed by atoms with Crippen LogP contribution in [0.3, 0.4) is 0 Å². The molecule has 2 aromatic heterocycles. The summed E-state index contributed by atoms with van der Waals surface area (Å²) in [6.07, 6.45) is 6.26. The zero-order valence-corrected chi connectivity index (χ0v) is 12.9. The molecule has 0 amide bonds. The molecule has 0 spiro atoms. The van der Waals surface area contributed by atoms with Gasteiger partial charge < -0.3 is 9.88 Å². The maximum Gasteiger partial charge on any atom is 0.106 e. The predicted octanol–water partition coefficient (Wildman–Crippen LogP) is 2.52. The summed E-state index contributed by atoms with van der Waals surface area (Å²) >= 11 is 0. The van der Waals surface area contributed by atoms with Gasteiger partial charge in [0, 0.05) is 18.9 Å². The molecule has 0 aromatic carbocycles. The summed E-state index contributed by atoms with van der Waals surface area (Å²) in [5.41, 5.74) is 2.29. The van der Waals surface area contributed by atoms with E-state index >= 15 is 0 Å². The number of imidazole rings is 1. The Morgan fingerprint density at radius 2 is 2.05 bits per heavy atom. The molecule has 2 rings (SSSR count). The molecule has 0 aliphatic rings. The first-order valence-electron chi connectivity index (χ1n) is 7.39. The minimum atomic E-state index is 0.504. The van der Waals surface area contributed by atoms with Crippen molar-refractivity contribution in [3.8, 4) is 0 Å². The topological polar surface area (TPSA) is 47.7 Å². The maximum atomic E-state index is 4.72. The first kappa shape index (κ1) is 14.8. The molecule has 0 bridgehead atoms. The quantitative estimate of drug-likeness (QED) is 0.844. The highest BCUT2D eigenvalue weighted by Crippen LogP contribution is 2.15. The van der Waals surface area contributed by atoms with E-state index < -0.39 is 0 Å². The second-order valence-electron chi connectivity index (χ2n) is 5.17. The van der Waals surface area contributed by atoms with Gasteiger partial charge in [0.15, 0.2) is 0 Å². The van der Waals surface area contributed by atoms with Crippen molar-refractivity contribution in [3.05, 3.63) is 35.7 Å². The van der Waals surface area contributed by atoms with E-state index in [1.165, 1.54) is 5.69 Å². The smallest absolute Gasteiger partial charge is 0.106 e. The molecule has 110 valence electrons. The Morgan fingerprint density at radius 3 is 2.70 bits per heavy atom. The number of nitrogens with one attached hydrogen (secondary N) is 1. The summed E-state index contributed by atoms with van der Waals surface area (Å²) < 4.78 is 4.31. The number of aromatic nitrogens is 4. The van der Waals surface area contributed by atoms with Gasteiger partial charge in [0.05, 0.1) is 24.0 Å². The van der Waals surface area contributed by atoms with Crippen molar-refractivity contribution in [2.75, 3.05) is 7.05 Å². The van der Waals surface area contributed by atoms with Crippen LogP contribution in [0, 0.1) is 6.92 Å². The largest absolute Gasteiger partial charge is 0.325 e. The third-order valence-corrected chi connectivity index (χ3v) is 3.80. The Balaban J connectivity index is 2.16. The van der Waals surface area contributed by atoms with Gasteiger partial charge in [0.2, 0.25) is 0 Å². The van der Waals surface area contributed by atoms with Crippen molar-refractivity contribution in [1.82, 2.24) is 24.6 Å². The van der Waals surface area contributed by atoms with E-state index in [2.05, 4.69) is 45.7 Å². The van der Waals surface area contributed by atoms with Crippen LogP contribution in [0.25, 0.3) is 0 Å². The molecule has 0 atom stereocenters. The van der Waals surface area contributed by atoms with Crippen molar-refractivity contribution in [1.29, 1.82) is 0 Å². The highest BCUT2D eigenvalue weighted by atomic mass is 15.3. The molecule has 5 heteroatoms. The van der Waals surface area contributed by atoms with Crippen molar-refractivity contribution in [3.63, 3.8) is 0 Å². The fourth-order valence-electron chi connectivity index (χ4n) is 2.54. The van der Waals surface area contributed by atoms with E-state index in [0.717, 1.165) is 37.4 Å². The fraction of sp³-hybridized carbons (Fsp3) is 0.600. The monoisotopic (exact) mass is 275 g/mol. The number of hydrogen-bond donors (Lipinski definition) is 1. The summed E-state index contributed by atoms with van der Waals surface area (Å²) in [6, 6.07) is 2.62. The van der Waals surface area contributed by atoms with Crippen LogP contribution in [-0.4, -0.2) is 26.4 Å². The standard InChI is InChI=1S/C15H25N5/c1-5-14(6-2)20-8-7-13(18-20)11-19-12(3)17-10-15(19)9-16-4/h7-8,10,14,16H,5-6,9,11H2,1-4H3. The number of aryl methyl sites for hydroxylation is 1. The number of nitrogens with zero attached hydrogens (tertiary/aromatic N) is 4. The zero-order chi connectivity index (χ0) is 14.5. The van der Waals surface area contributed by atoms with E-state index in [1.807, 2.05) is 20.2 Å². The second-order valence-corrected chi connectivity index (χ2v) is 5.17. The maximum absolute atomic E-state index is 4.72. The first-order chi connectivity index (χ1) is 9.69. The van der Waals surface area contributed by atoms with Gasteiger partial charge in [-0.1, -0.05) is 13.8 Å². The summed E-state index contributed by atoms with van der Waals surface area (Å²) in [5, 5.41) is 7.90. The average molecular weight is 275 g/mol. The lowest BCUT2D eigenvalue weighted by atomic mass is 10.2. The average Bonchev–Trinajstić information content (AvgIpc) is 3.03. The minimum Gasteiger partial charge on any atom is -0.325 e. The normalized spacial score (nSPS) is 11.4. The molecule has 2 heterocycles. The summed E-state index contributed by atoms with van der Waals surface area (Å²) in [6.45, 7) is 8.07. The number of hydrogen-bond acceptors (Lipinski definition) is 3. The molecular formula is C15H25N5. The third kappa shape index (κ3) is 3.10. The van der Waals surface area contributed by atoms with Crippen LogP contribution in [0.1, 0.15) is 49.9 Å². The Kier molecular flexibility index (Phi) is 4.95. The molecule has 0 aliphatic heterocycles. The Morgan fingerprint density at radius 1 is 1.30 bits per heavy atom. The molecule has 0 saturated carbocycles. The Labute approximate surface area is 121 Å². The Bertz CT molecular complexity index is 536. The molecule has 20 heavy (non-hydrogen) atoms. The van der Waals surface area contributed by atoms with Gasteiger partial charge in [0.25, 0.3) is 0 Å². The van der Waals surface area contributed by atoms with Gasteiger partial charge in [0.1, 0.15) is 5.82 Å². The molecule has 5 nitrogen and oxygen atoms in total. The van der Waals surface area contributed by atoms with Gasteiger partial charge in [-0.2, -0.15) is 5.10 Å². The third-order valence-electron chi connectivity index (χ3n) is 3.80. The minimum absolute atomic E-state index is 0.504. The van der Waals surface area contributed by atoms with Crippen molar-refractivity contribution in [2.45, 2.75) is 52.7 Å². The van der Waals surface area contributed by atoms with Crippen LogP contribution < -0.4 is 5.32 Å². The molecule has 0 fully saturated rings. The summed E-state index contributed by atoms with van der Waals surface area (Å²) in [5.74, 6) is 1.03. The van der Waals surface area contributed by atoms with E-state index in [9.17, 15) is 0 Å². The highest BCUT2D eigenvalue weighted by molar-refractivity contribution is 5.09. The second kappa shape index (κ2) is 6.70. The molecule has 0 unspecified atom stereocenters. The van der Waals surface area contributed by atoms with Gasteiger partial charge in [-0.05, 0) is 32.9 Å². The molecular weight excluding hydrogens is 250 g/mol.